The third-order valence-corrected chi connectivity index (χ3v) is 18.7. The minimum absolute atomic E-state index is 0. The molecule has 0 aliphatic carbocycles. The SMILES string of the molecule is CCCCCCCCOc1cccc(C)c1-c1c2nc(c(N(c3ccc(CCCCCC)cc3)c3ccc(CCCCCC)cc3)c3ccc([n-]3)c(-c3c(C)cccc3OCCCCCCCC)c3nc(c(C#Cc4ccc(C(=O)OCC)c(C(=O)OCC)c4)c4ccc1[n-]4)C=C3)C=C2.[Zn+2]. The van der Waals surface area contributed by atoms with Gasteiger partial charge >= 0.3 is 31.4 Å². The van der Waals surface area contributed by atoms with Crippen LogP contribution in [0.5, 0.6) is 11.5 Å². The van der Waals surface area contributed by atoms with E-state index >= 15 is 0 Å². The van der Waals surface area contributed by atoms with E-state index in [4.69, 9.17) is 38.9 Å². The number of carbonyl (C=O) groups is 2. The molecule has 3 aromatic heterocycles. The summed E-state index contributed by atoms with van der Waals surface area (Å²) in [6.07, 6.45) is 33.6. The molecular weight excluding hydrogens is 1290 g/mol. The molecule has 11 nitrogen and oxygen atoms in total. The quantitative estimate of drug-likeness (QED) is 0.0163. The Balaban J connectivity index is 0.0000117. The molecule has 0 saturated heterocycles. The van der Waals surface area contributed by atoms with Crippen LogP contribution in [-0.4, -0.2) is 48.3 Å². The Morgan fingerprint density at radius 1 is 0.420 bits per heavy atom. The van der Waals surface area contributed by atoms with Crippen molar-refractivity contribution in [3.05, 3.63) is 195 Å². The zero-order chi connectivity index (χ0) is 69.3. The summed E-state index contributed by atoms with van der Waals surface area (Å²) in [5, 5.41) is 0. The van der Waals surface area contributed by atoms with Crippen LogP contribution in [0, 0.1) is 25.7 Å². The van der Waals surface area contributed by atoms with Gasteiger partial charge in [-0.25, -0.2) is 19.6 Å². The smallest absolute Gasteiger partial charge is 0.656 e. The summed E-state index contributed by atoms with van der Waals surface area (Å²) in [6, 6.07) is 44.0. The summed E-state index contributed by atoms with van der Waals surface area (Å²) in [5.74, 6) is 7.13. The molecule has 12 heteroatoms. The van der Waals surface area contributed by atoms with Gasteiger partial charge in [0.25, 0.3) is 0 Å². The van der Waals surface area contributed by atoms with E-state index in [0.717, 1.165) is 125 Å². The second-order valence-corrected chi connectivity index (χ2v) is 26.2. The van der Waals surface area contributed by atoms with Gasteiger partial charge in [0.1, 0.15) is 11.5 Å². The number of aryl methyl sites for hydroxylation is 4. The van der Waals surface area contributed by atoms with E-state index in [9.17, 15) is 9.59 Å². The standard InChI is InChI=1S/C88H103N5O6.Zn/c1-9-15-19-23-25-29-59-98-80-37-31-33-62(7)82(80)84-74-53-51-72(89-74)70(50-44-66-43-49-69(87(94)96-13-5)71(61-66)88(95)97-14-6)73-52-54-75(90-73)85(83-63(8)34-32-38-81(83)99-60-30-26-24-20-16-10-2)77-56-58-79(92-77)86(78-57-55-76(84)91-78)93(67-45-39-64(40-46-67)35-27-21-17-11-3)68-47-41-65(42-48-68)36-28-22-18-12-4;/h31-34,37-43,45-49,51-58,61H,9-30,35-36,59-60H2,1-8H3,(H2,89,90,91,92,94,95);/q;+2/p-2. The molecule has 10 rings (SSSR count). The number of esters is 2. The molecule has 0 saturated carbocycles. The summed E-state index contributed by atoms with van der Waals surface area (Å²) in [4.78, 5) is 52.1. The van der Waals surface area contributed by atoms with Crippen LogP contribution in [0.4, 0.5) is 17.1 Å². The van der Waals surface area contributed by atoms with Crippen LogP contribution in [0.2, 0.25) is 0 Å². The maximum absolute atomic E-state index is 13.6. The Hall–Kier alpha value is -8.78. The van der Waals surface area contributed by atoms with Crippen LogP contribution in [0.15, 0.2) is 127 Å². The van der Waals surface area contributed by atoms with E-state index in [2.05, 4.69) is 167 Å². The van der Waals surface area contributed by atoms with E-state index in [1.165, 1.54) is 101 Å². The van der Waals surface area contributed by atoms with Crippen LogP contribution in [0.1, 0.15) is 247 Å². The Bertz CT molecular complexity index is 4220. The first-order valence-electron chi connectivity index (χ1n) is 37.1. The minimum atomic E-state index is -0.647. The predicted octanol–water partition coefficient (Wildman–Crippen LogP) is 22.8. The number of fused-ring (bicyclic) bond motifs is 8. The van der Waals surface area contributed by atoms with E-state index in [1.807, 2.05) is 24.3 Å². The molecule has 516 valence electrons. The first-order valence-corrected chi connectivity index (χ1v) is 37.1. The summed E-state index contributed by atoms with van der Waals surface area (Å²) < 4.78 is 24.7. The molecule has 0 spiro atoms. The van der Waals surface area contributed by atoms with Crippen molar-refractivity contribution in [3.8, 4) is 45.6 Å². The predicted molar refractivity (Wildman–Crippen MR) is 410 cm³/mol. The summed E-state index contributed by atoms with van der Waals surface area (Å²) in [7, 11) is 0. The minimum Gasteiger partial charge on any atom is -0.656 e. The molecule has 2 aliphatic heterocycles. The normalized spacial score (nSPS) is 11.5. The van der Waals surface area contributed by atoms with Crippen molar-refractivity contribution in [2.45, 2.75) is 197 Å². The molecule has 0 N–H and O–H groups in total. The molecule has 2 aliphatic rings. The van der Waals surface area contributed by atoms with Gasteiger partial charge in [-0.15, -0.1) is 22.1 Å². The number of rotatable bonds is 35. The van der Waals surface area contributed by atoms with Gasteiger partial charge in [-0.05, 0) is 179 Å². The van der Waals surface area contributed by atoms with Gasteiger partial charge in [0.2, 0.25) is 0 Å². The number of aromatic nitrogens is 4. The fourth-order valence-corrected chi connectivity index (χ4v) is 13.3. The monoisotopic (exact) mass is 1390 g/mol. The van der Waals surface area contributed by atoms with Crippen molar-refractivity contribution in [1.82, 2.24) is 19.9 Å². The van der Waals surface area contributed by atoms with Crippen molar-refractivity contribution < 1.29 is 48.0 Å². The van der Waals surface area contributed by atoms with Crippen LogP contribution in [-0.2, 0) is 41.8 Å². The molecule has 0 radical (unpaired) electrons. The molecule has 0 fully saturated rings. The zero-order valence-corrected chi connectivity index (χ0v) is 63.7. The van der Waals surface area contributed by atoms with Gasteiger partial charge in [0, 0.05) is 33.6 Å². The van der Waals surface area contributed by atoms with Gasteiger partial charge in [-0.1, -0.05) is 215 Å². The molecule has 100 heavy (non-hydrogen) atoms. The zero-order valence-electron chi connectivity index (χ0n) is 60.7. The van der Waals surface area contributed by atoms with Crippen molar-refractivity contribution in [2.75, 3.05) is 31.3 Å². The molecule has 0 amide bonds. The number of carbonyl (C=O) groups excluding carboxylic acids is 2. The van der Waals surface area contributed by atoms with Crippen LogP contribution in [0.3, 0.4) is 0 Å². The molecule has 8 bridgehead atoms. The Morgan fingerprint density at radius 2 is 0.850 bits per heavy atom. The summed E-state index contributed by atoms with van der Waals surface area (Å²) >= 11 is 0. The number of unbranched alkanes of at least 4 members (excludes halogenated alkanes) is 16. The molecule has 5 heterocycles. The van der Waals surface area contributed by atoms with Crippen molar-refractivity contribution in [3.63, 3.8) is 0 Å². The first kappa shape index (κ1) is 75.4. The average Bonchev–Trinajstić information content (AvgIpc) is 1.59. The molecule has 0 atom stereocenters. The maximum atomic E-state index is 13.6. The van der Waals surface area contributed by atoms with E-state index in [-0.39, 0.29) is 43.8 Å². The fraction of sp³-hybridized carbons (Fsp3) is 0.386. The van der Waals surface area contributed by atoms with Gasteiger partial charge in [0.05, 0.1) is 66.0 Å². The second kappa shape index (κ2) is 38.7. The maximum Gasteiger partial charge on any atom is 2.00 e. The molecular formula is C88H101N5O6Zn. The Kier molecular flexibility index (Phi) is 29.2. The number of nitrogens with zero attached hydrogens (tertiary/aromatic N) is 5. The van der Waals surface area contributed by atoms with Gasteiger partial charge < -0.3 is 33.8 Å². The van der Waals surface area contributed by atoms with Crippen LogP contribution >= 0.6 is 0 Å². The Morgan fingerprint density at radius 3 is 1.36 bits per heavy atom. The van der Waals surface area contributed by atoms with Gasteiger partial charge in [-0.2, -0.15) is 0 Å². The van der Waals surface area contributed by atoms with Crippen LogP contribution in [0.25, 0.3) is 68.6 Å². The number of hydrogen-bond acceptors (Lipinski definition) is 9. The van der Waals surface area contributed by atoms with E-state index in [0.29, 0.717) is 58.0 Å². The van der Waals surface area contributed by atoms with Gasteiger partial charge in [-0.3, -0.25) is 0 Å². The van der Waals surface area contributed by atoms with Gasteiger partial charge in [0.15, 0.2) is 0 Å². The van der Waals surface area contributed by atoms with E-state index in [1.54, 1.807) is 32.0 Å². The second-order valence-electron chi connectivity index (χ2n) is 26.2. The third-order valence-electron chi connectivity index (χ3n) is 18.7. The summed E-state index contributed by atoms with van der Waals surface area (Å²) in [6.45, 7) is 18.1. The van der Waals surface area contributed by atoms with Crippen LogP contribution < -0.4 is 24.3 Å². The topological polar surface area (TPSA) is 128 Å². The summed E-state index contributed by atoms with van der Waals surface area (Å²) in [5.41, 5.74) is 17.4. The first-order chi connectivity index (χ1) is 48.5. The van der Waals surface area contributed by atoms with Crippen molar-refractivity contribution >= 4 is 75.4 Å². The molecule has 8 aromatic rings. The number of benzene rings is 5. The molecule has 0 unspecified atom stereocenters. The largest absolute Gasteiger partial charge is 2.00 e. The number of anilines is 3. The van der Waals surface area contributed by atoms with Crippen molar-refractivity contribution in [2.24, 2.45) is 0 Å². The third kappa shape index (κ3) is 19.4. The number of hydrogen-bond donors (Lipinski definition) is 0. The average molecular weight is 1390 g/mol. The fourth-order valence-electron chi connectivity index (χ4n) is 13.3. The Labute approximate surface area is 607 Å². The number of ether oxygens (including phenoxy) is 4. The van der Waals surface area contributed by atoms with E-state index < -0.39 is 11.9 Å². The van der Waals surface area contributed by atoms with Crippen molar-refractivity contribution in [1.29, 1.82) is 0 Å². The molecule has 5 aromatic carbocycles.